The van der Waals surface area contributed by atoms with Crippen LogP contribution < -0.4 is 5.32 Å². The molecule has 0 bridgehead atoms. The van der Waals surface area contributed by atoms with Gasteiger partial charge in [0.05, 0.1) is 6.10 Å². The number of rotatable bonds is 10. The number of carbonyl (C=O) groups excluding carboxylic acids is 1. The smallest absolute Gasteiger partial charge is 0.316 e. The van der Waals surface area contributed by atoms with Gasteiger partial charge in [-0.3, -0.25) is 9.36 Å². The summed E-state index contributed by atoms with van der Waals surface area (Å²) in [6.45, 7) is 2.76. The number of nitrogens with one attached hydrogen (secondary N) is 1. The number of hydrogen-bond acceptors (Lipinski definition) is 4. The van der Waals surface area contributed by atoms with Crippen LogP contribution in [0.1, 0.15) is 32.6 Å². The molecule has 0 saturated heterocycles. The Kier molecular flexibility index (Phi) is 10.5. The van der Waals surface area contributed by atoms with Crippen LogP contribution in [0.2, 0.25) is 0 Å². The molecule has 2 unspecified atom stereocenters. The van der Waals surface area contributed by atoms with Gasteiger partial charge in [0.15, 0.2) is 0 Å². The van der Waals surface area contributed by atoms with Crippen molar-refractivity contribution in [3.05, 3.63) is 0 Å². The van der Waals surface area contributed by atoms with E-state index in [0.717, 1.165) is 12.8 Å². The van der Waals surface area contributed by atoms with Crippen LogP contribution in [0, 0.1) is 0 Å². The van der Waals surface area contributed by atoms with Gasteiger partial charge in [-0.2, -0.15) is 0 Å². The van der Waals surface area contributed by atoms with Gasteiger partial charge < -0.3 is 19.5 Å². The molecule has 0 heterocycles. The first-order chi connectivity index (χ1) is 8.10. The first-order valence-corrected chi connectivity index (χ1v) is 7.01. The molecule has 0 aliphatic rings. The summed E-state index contributed by atoms with van der Waals surface area (Å²) in [5.41, 5.74) is 0. The molecule has 6 nitrogen and oxygen atoms in total. The number of ether oxygens (including phenoxy) is 1. The van der Waals surface area contributed by atoms with E-state index in [4.69, 9.17) is 14.2 Å². The third-order valence-corrected chi connectivity index (χ3v) is 2.79. The van der Waals surface area contributed by atoms with Crippen LogP contribution in [0.25, 0.3) is 0 Å². The molecule has 0 aliphatic heterocycles. The molecule has 0 rings (SSSR count). The van der Waals surface area contributed by atoms with Crippen molar-refractivity contribution < 1.29 is 23.5 Å². The van der Waals surface area contributed by atoms with E-state index >= 15 is 0 Å². The molecule has 1 amide bonds. The van der Waals surface area contributed by atoms with E-state index in [9.17, 15) is 9.36 Å². The summed E-state index contributed by atoms with van der Waals surface area (Å²) in [6.07, 6.45) is 2.25. The van der Waals surface area contributed by atoms with Gasteiger partial charge in [-0.15, -0.1) is 0 Å². The molecule has 7 heteroatoms. The van der Waals surface area contributed by atoms with Gasteiger partial charge >= 0.3 is 8.25 Å². The highest BCUT2D eigenvalue weighted by Crippen LogP contribution is 2.19. The van der Waals surface area contributed by atoms with E-state index in [1.54, 1.807) is 7.11 Å². The van der Waals surface area contributed by atoms with Gasteiger partial charge in [0.25, 0.3) is 0 Å². The minimum Gasteiger partial charge on any atom is -0.385 e. The fourth-order valence-electron chi connectivity index (χ4n) is 1.26. The second kappa shape index (κ2) is 10.7. The maximum Gasteiger partial charge on any atom is 0.316 e. The summed E-state index contributed by atoms with van der Waals surface area (Å²) < 4.78 is 20.1. The molecule has 102 valence electrons. The lowest BCUT2D eigenvalue weighted by Crippen LogP contribution is -2.32. The van der Waals surface area contributed by atoms with Crippen LogP contribution in [-0.4, -0.2) is 37.2 Å². The van der Waals surface area contributed by atoms with Crippen molar-refractivity contribution in [1.82, 2.24) is 5.32 Å². The van der Waals surface area contributed by atoms with Crippen molar-refractivity contribution in [2.24, 2.45) is 0 Å². The summed E-state index contributed by atoms with van der Waals surface area (Å²) >= 11 is 0. The first-order valence-electron chi connectivity index (χ1n) is 5.75. The average molecular weight is 267 g/mol. The quantitative estimate of drug-likeness (QED) is 0.457. The Labute approximate surface area is 103 Å². The maximum absolute atomic E-state index is 11.4. The summed E-state index contributed by atoms with van der Waals surface area (Å²) in [7, 11) is -1.31. The Bertz CT molecular complexity index is 237. The molecule has 17 heavy (non-hydrogen) atoms. The van der Waals surface area contributed by atoms with Crippen LogP contribution in [0.5, 0.6) is 0 Å². The van der Waals surface area contributed by atoms with Crippen molar-refractivity contribution in [3.8, 4) is 0 Å². The molecular formula is C10H22NO5P. The van der Waals surface area contributed by atoms with Gasteiger partial charge in [0, 0.05) is 26.7 Å². The lowest BCUT2D eigenvalue weighted by Gasteiger charge is -2.14. The summed E-state index contributed by atoms with van der Waals surface area (Å²) in [5, 5.41) is 2.68. The molecule has 0 aromatic carbocycles. The Morgan fingerprint density at radius 2 is 2.18 bits per heavy atom. The molecule has 0 radical (unpaired) electrons. The predicted octanol–water partition coefficient (Wildman–Crippen LogP) is 1.10. The molecule has 2 atom stereocenters. The topological polar surface area (TPSA) is 84.9 Å². The van der Waals surface area contributed by atoms with Crippen molar-refractivity contribution >= 4 is 14.2 Å². The second-order valence-electron chi connectivity index (χ2n) is 3.67. The van der Waals surface area contributed by atoms with Crippen molar-refractivity contribution in [2.45, 2.75) is 38.7 Å². The summed E-state index contributed by atoms with van der Waals surface area (Å²) in [5.74, 6) is -0.0687. The number of unbranched alkanes of at least 4 members (excludes halogenated alkanes) is 1. The van der Waals surface area contributed by atoms with Crippen LogP contribution in [0.15, 0.2) is 0 Å². The predicted molar refractivity (Wildman–Crippen MR) is 65.1 cm³/mol. The number of methoxy groups -OCH3 is 1. The van der Waals surface area contributed by atoms with Crippen molar-refractivity contribution in [3.63, 3.8) is 0 Å². The third kappa shape index (κ3) is 10.5. The zero-order chi connectivity index (χ0) is 13.1. The van der Waals surface area contributed by atoms with E-state index in [0.29, 0.717) is 19.4 Å². The van der Waals surface area contributed by atoms with E-state index in [-0.39, 0.29) is 12.5 Å². The largest absolute Gasteiger partial charge is 0.385 e. The fraction of sp³-hybridized carbons (Fsp3) is 0.900. The van der Waals surface area contributed by atoms with Crippen molar-refractivity contribution in [1.29, 1.82) is 0 Å². The minimum absolute atomic E-state index is 0.0687. The molecule has 0 saturated carbocycles. The van der Waals surface area contributed by atoms with Crippen molar-refractivity contribution in [2.75, 3.05) is 20.3 Å². The van der Waals surface area contributed by atoms with Crippen LogP contribution in [0.3, 0.4) is 0 Å². The Balaban J connectivity index is 3.62. The standard InChI is InChI=1S/C10H22NO5P/c1-3-9(16-17(13)14)8-11-10(12)6-4-5-7-15-2/h9,17H,3-8H2,1-2H3,(H,11,12)(H,13,14). The van der Waals surface area contributed by atoms with Gasteiger partial charge in [-0.1, -0.05) is 6.92 Å². The highest BCUT2D eigenvalue weighted by atomic mass is 31.1. The highest BCUT2D eigenvalue weighted by molar-refractivity contribution is 7.32. The summed E-state index contributed by atoms with van der Waals surface area (Å²) in [6, 6.07) is 0. The van der Waals surface area contributed by atoms with E-state index in [1.807, 2.05) is 6.92 Å². The van der Waals surface area contributed by atoms with Crippen LogP contribution in [-0.2, 0) is 18.6 Å². The molecule has 0 aliphatic carbocycles. The number of hydrogen-bond donors (Lipinski definition) is 2. The molecule has 2 N–H and O–H groups in total. The van der Waals surface area contributed by atoms with Gasteiger partial charge in [-0.25, -0.2) is 0 Å². The maximum atomic E-state index is 11.4. The Hall–Kier alpha value is -0.420. The third-order valence-electron chi connectivity index (χ3n) is 2.25. The van der Waals surface area contributed by atoms with Crippen LogP contribution >= 0.6 is 8.25 Å². The average Bonchev–Trinajstić information content (AvgIpc) is 2.29. The first kappa shape index (κ1) is 16.6. The Morgan fingerprint density at radius 1 is 1.47 bits per heavy atom. The van der Waals surface area contributed by atoms with E-state index in [2.05, 4.69) is 5.32 Å². The van der Waals surface area contributed by atoms with Gasteiger partial charge in [0.2, 0.25) is 5.91 Å². The van der Waals surface area contributed by atoms with E-state index in [1.165, 1.54) is 0 Å². The minimum atomic E-state index is -2.93. The molecule has 0 fully saturated rings. The monoisotopic (exact) mass is 267 g/mol. The molecular weight excluding hydrogens is 245 g/mol. The number of amides is 1. The fourth-order valence-corrected chi connectivity index (χ4v) is 1.80. The van der Waals surface area contributed by atoms with Gasteiger partial charge in [-0.05, 0) is 19.3 Å². The SMILES string of the molecule is CCC(CNC(=O)CCCCOC)O[PH](=O)O. The lowest BCUT2D eigenvalue weighted by molar-refractivity contribution is -0.121. The second-order valence-corrected chi connectivity index (χ2v) is 4.44. The normalized spacial score (nSPS) is 14.3. The lowest BCUT2D eigenvalue weighted by atomic mass is 10.2. The van der Waals surface area contributed by atoms with Crippen LogP contribution in [0.4, 0.5) is 0 Å². The zero-order valence-electron chi connectivity index (χ0n) is 10.4. The van der Waals surface area contributed by atoms with Gasteiger partial charge in [0.1, 0.15) is 0 Å². The Morgan fingerprint density at radius 3 is 2.71 bits per heavy atom. The number of carbonyl (C=O) groups is 1. The molecule has 0 spiro atoms. The molecule has 0 aromatic heterocycles. The highest BCUT2D eigenvalue weighted by Gasteiger charge is 2.10. The molecule has 0 aromatic rings. The summed E-state index contributed by atoms with van der Waals surface area (Å²) in [4.78, 5) is 20.0. The van der Waals surface area contributed by atoms with E-state index < -0.39 is 14.4 Å². The zero-order valence-corrected chi connectivity index (χ0v) is 11.4.